The van der Waals surface area contributed by atoms with Crippen molar-refractivity contribution in [3.8, 4) is 0 Å². The molecule has 0 bridgehead atoms. The van der Waals surface area contributed by atoms with E-state index < -0.39 is 5.97 Å². The Hall–Kier alpha value is -1.57. The quantitative estimate of drug-likeness (QED) is 0.770. The zero-order valence-electron chi connectivity index (χ0n) is 11.5. The lowest BCUT2D eigenvalue weighted by Gasteiger charge is -2.12. The van der Waals surface area contributed by atoms with E-state index in [2.05, 4.69) is 32.9 Å². The van der Waals surface area contributed by atoms with Crippen LogP contribution in [-0.4, -0.2) is 11.1 Å². The fourth-order valence-electron chi connectivity index (χ4n) is 2.28. The summed E-state index contributed by atoms with van der Waals surface area (Å²) >= 11 is 0. The number of rotatable bonds is 6. The van der Waals surface area contributed by atoms with E-state index in [0.29, 0.717) is 0 Å². The summed E-state index contributed by atoms with van der Waals surface area (Å²) in [7, 11) is 0. The summed E-state index contributed by atoms with van der Waals surface area (Å²) in [5.41, 5.74) is 5.02. The fraction of sp³-hybridized carbons (Fsp3) is 0.438. The molecule has 1 aromatic carbocycles. The SMILES string of the molecule is CCCCc1cc(C=CC(=O)O)cc(C)c1CC. The van der Waals surface area contributed by atoms with Gasteiger partial charge in [0.2, 0.25) is 0 Å². The molecule has 2 nitrogen and oxygen atoms in total. The minimum atomic E-state index is -0.901. The summed E-state index contributed by atoms with van der Waals surface area (Å²) in [5, 5.41) is 8.67. The molecule has 0 atom stereocenters. The van der Waals surface area contributed by atoms with Crippen LogP contribution in [0.3, 0.4) is 0 Å². The maximum absolute atomic E-state index is 10.6. The van der Waals surface area contributed by atoms with Crippen LogP contribution in [0.5, 0.6) is 0 Å². The van der Waals surface area contributed by atoms with Gasteiger partial charge in [0.15, 0.2) is 0 Å². The molecular weight excluding hydrogens is 224 g/mol. The number of carboxylic acids is 1. The maximum atomic E-state index is 10.6. The van der Waals surface area contributed by atoms with Gasteiger partial charge in [0.25, 0.3) is 0 Å². The second-order valence-electron chi connectivity index (χ2n) is 4.60. The van der Waals surface area contributed by atoms with Crippen molar-refractivity contribution in [2.45, 2.75) is 46.5 Å². The van der Waals surface area contributed by atoms with Crippen molar-refractivity contribution in [3.63, 3.8) is 0 Å². The van der Waals surface area contributed by atoms with Crippen LogP contribution < -0.4 is 0 Å². The van der Waals surface area contributed by atoms with Crippen molar-refractivity contribution >= 4 is 12.0 Å². The molecule has 0 saturated heterocycles. The number of benzene rings is 1. The molecule has 18 heavy (non-hydrogen) atoms. The first-order valence-corrected chi connectivity index (χ1v) is 6.61. The molecule has 0 aliphatic rings. The highest BCUT2D eigenvalue weighted by atomic mass is 16.4. The third-order valence-electron chi connectivity index (χ3n) is 3.16. The molecule has 0 amide bonds. The van der Waals surface area contributed by atoms with Crippen molar-refractivity contribution < 1.29 is 9.90 Å². The van der Waals surface area contributed by atoms with E-state index in [0.717, 1.165) is 18.4 Å². The highest BCUT2D eigenvalue weighted by Crippen LogP contribution is 2.21. The van der Waals surface area contributed by atoms with Crippen LogP contribution in [-0.2, 0) is 17.6 Å². The topological polar surface area (TPSA) is 37.3 Å². The fourth-order valence-corrected chi connectivity index (χ4v) is 2.28. The van der Waals surface area contributed by atoms with Crippen molar-refractivity contribution in [2.75, 3.05) is 0 Å². The van der Waals surface area contributed by atoms with Crippen molar-refractivity contribution in [1.82, 2.24) is 0 Å². The summed E-state index contributed by atoms with van der Waals surface area (Å²) in [6.07, 6.45) is 7.34. The van der Waals surface area contributed by atoms with Crippen molar-refractivity contribution in [1.29, 1.82) is 0 Å². The smallest absolute Gasteiger partial charge is 0.328 e. The van der Waals surface area contributed by atoms with Gasteiger partial charge in [0, 0.05) is 6.08 Å². The van der Waals surface area contributed by atoms with E-state index in [1.807, 2.05) is 0 Å². The molecular formula is C16H22O2. The van der Waals surface area contributed by atoms with Crippen molar-refractivity contribution in [2.24, 2.45) is 0 Å². The van der Waals surface area contributed by atoms with E-state index >= 15 is 0 Å². The van der Waals surface area contributed by atoms with Gasteiger partial charge < -0.3 is 5.11 Å². The Morgan fingerprint density at radius 2 is 2.06 bits per heavy atom. The van der Waals surface area contributed by atoms with E-state index in [-0.39, 0.29) is 0 Å². The first-order valence-electron chi connectivity index (χ1n) is 6.61. The predicted octanol–water partition coefficient (Wildman–Crippen LogP) is 4.00. The normalized spacial score (nSPS) is 11.1. The lowest BCUT2D eigenvalue weighted by Crippen LogP contribution is -1.98. The Morgan fingerprint density at radius 1 is 1.33 bits per heavy atom. The van der Waals surface area contributed by atoms with Gasteiger partial charge in [-0.1, -0.05) is 32.4 Å². The van der Waals surface area contributed by atoms with Crippen molar-refractivity contribution in [3.05, 3.63) is 40.5 Å². The number of carboxylic acid groups (broad SMARTS) is 1. The third kappa shape index (κ3) is 4.02. The van der Waals surface area contributed by atoms with E-state index in [9.17, 15) is 4.79 Å². The Labute approximate surface area is 109 Å². The van der Waals surface area contributed by atoms with Gasteiger partial charge in [-0.05, 0) is 54.5 Å². The lowest BCUT2D eigenvalue weighted by atomic mass is 9.93. The lowest BCUT2D eigenvalue weighted by molar-refractivity contribution is -0.131. The van der Waals surface area contributed by atoms with Crippen LogP contribution in [0, 0.1) is 6.92 Å². The van der Waals surface area contributed by atoms with Gasteiger partial charge in [0.05, 0.1) is 0 Å². The first kappa shape index (κ1) is 14.5. The number of hydrogen-bond acceptors (Lipinski definition) is 1. The Balaban J connectivity index is 3.08. The molecule has 0 saturated carbocycles. The Morgan fingerprint density at radius 3 is 2.61 bits per heavy atom. The van der Waals surface area contributed by atoms with Gasteiger partial charge in [-0.2, -0.15) is 0 Å². The highest BCUT2D eigenvalue weighted by molar-refractivity contribution is 5.85. The molecule has 2 heteroatoms. The molecule has 1 aromatic rings. The number of carbonyl (C=O) groups is 1. The van der Waals surface area contributed by atoms with Crippen LogP contribution in [0.15, 0.2) is 18.2 Å². The van der Waals surface area contributed by atoms with Gasteiger partial charge in [-0.3, -0.25) is 0 Å². The largest absolute Gasteiger partial charge is 0.478 e. The van der Waals surface area contributed by atoms with Crippen LogP contribution in [0.4, 0.5) is 0 Å². The minimum Gasteiger partial charge on any atom is -0.478 e. The maximum Gasteiger partial charge on any atom is 0.328 e. The molecule has 0 spiro atoms. The van der Waals surface area contributed by atoms with Crippen LogP contribution in [0.1, 0.15) is 48.9 Å². The molecule has 1 rings (SSSR count). The molecule has 0 aliphatic carbocycles. The summed E-state index contributed by atoms with van der Waals surface area (Å²) in [5.74, 6) is -0.901. The van der Waals surface area contributed by atoms with Gasteiger partial charge in [-0.25, -0.2) is 4.79 Å². The Kier molecular flexibility index (Phi) is 5.63. The second kappa shape index (κ2) is 7.00. The zero-order chi connectivity index (χ0) is 13.5. The van der Waals surface area contributed by atoms with E-state index in [1.54, 1.807) is 6.08 Å². The number of hydrogen-bond donors (Lipinski definition) is 1. The van der Waals surface area contributed by atoms with Crippen LogP contribution in [0.25, 0.3) is 6.08 Å². The van der Waals surface area contributed by atoms with Gasteiger partial charge in [0.1, 0.15) is 0 Å². The summed E-state index contributed by atoms with van der Waals surface area (Å²) in [6.45, 7) is 6.46. The highest BCUT2D eigenvalue weighted by Gasteiger charge is 2.05. The molecule has 1 N–H and O–H groups in total. The van der Waals surface area contributed by atoms with E-state index in [1.165, 1.54) is 35.6 Å². The standard InChI is InChI=1S/C16H22O2/c1-4-6-7-14-11-13(8-9-16(17)18)10-12(3)15(14)5-2/h8-11H,4-7H2,1-3H3,(H,17,18). The Bertz CT molecular complexity index is 445. The van der Waals surface area contributed by atoms with Gasteiger partial charge in [-0.15, -0.1) is 0 Å². The second-order valence-corrected chi connectivity index (χ2v) is 4.60. The monoisotopic (exact) mass is 246 g/mol. The third-order valence-corrected chi connectivity index (χ3v) is 3.16. The zero-order valence-corrected chi connectivity index (χ0v) is 11.5. The van der Waals surface area contributed by atoms with E-state index in [4.69, 9.17) is 5.11 Å². The average molecular weight is 246 g/mol. The number of aliphatic carboxylic acids is 1. The summed E-state index contributed by atoms with van der Waals surface area (Å²) < 4.78 is 0. The van der Waals surface area contributed by atoms with Gasteiger partial charge >= 0.3 is 5.97 Å². The number of unbranched alkanes of at least 4 members (excludes halogenated alkanes) is 1. The summed E-state index contributed by atoms with van der Waals surface area (Å²) in [6, 6.07) is 4.19. The van der Waals surface area contributed by atoms with Crippen LogP contribution >= 0.6 is 0 Å². The average Bonchev–Trinajstić information content (AvgIpc) is 2.33. The summed E-state index contributed by atoms with van der Waals surface area (Å²) in [4.78, 5) is 10.6. The number of aryl methyl sites for hydroxylation is 2. The first-order chi connectivity index (χ1) is 8.58. The molecule has 0 radical (unpaired) electrons. The minimum absolute atomic E-state index is 0.901. The molecule has 0 fully saturated rings. The van der Waals surface area contributed by atoms with Crippen LogP contribution in [0.2, 0.25) is 0 Å². The molecule has 0 unspecified atom stereocenters. The molecule has 0 aromatic heterocycles. The molecule has 0 aliphatic heterocycles. The molecule has 0 heterocycles. The molecule has 98 valence electrons. The predicted molar refractivity (Wildman–Crippen MR) is 75.8 cm³/mol.